The van der Waals surface area contributed by atoms with Crippen molar-refractivity contribution in [3.63, 3.8) is 0 Å². The van der Waals surface area contributed by atoms with E-state index in [1.807, 2.05) is 5.01 Å². The van der Waals surface area contributed by atoms with Crippen LogP contribution in [0.2, 0.25) is 10.0 Å². The molecule has 0 bridgehead atoms. The van der Waals surface area contributed by atoms with Crippen LogP contribution >= 0.6 is 35.0 Å². The van der Waals surface area contributed by atoms with Crippen molar-refractivity contribution < 1.29 is 32.3 Å². The summed E-state index contributed by atoms with van der Waals surface area (Å²) < 4.78 is 53.8. The highest BCUT2D eigenvalue weighted by Gasteiger charge is 2.57. The van der Waals surface area contributed by atoms with Crippen molar-refractivity contribution >= 4 is 46.6 Å². The quantitative estimate of drug-likeness (QED) is 0.264. The summed E-state index contributed by atoms with van der Waals surface area (Å²) in [7, 11) is 0. The van der Waals surface area contributed by atoms with Crippen molar-refractivity contribution in [1.29, 1.82) is 0 Å². The minimum absolute atomic E-state index is 0.00296. The number of aromatic nitrogens is 1. The molecule has 0 spiro atoms. The van der Waals surface area contributed by atoms with E-state index < -0.39 is 24.0 Å². The van der Waals surface area contributed by atoms with Gasteiger partial charge in [0.1, 0.15) is 17.6 Å². The second-order valence-corrected chi connectivity index (χ2v) is 12.3. The zero-order valence-electron chi connectivity index (χ0n) is 21.7. The van der Waals surface area contributed by atoms with Gasteiger partial charge in [0, 0.05) is 41.3 Å². The third-order valence-corrected chi connectivity index (χ3v) is 9.41. The summed E-state index contributed by atoms with van der Waals surface area (Å²) in [6, 6.07) is 9.67. The summed E-state index contributed by atoms with van der Waals surface area (Å²) in [5.74, 6) is -3.71. The lowest BCUT2D eigenvalue weighted by Gasteiger charge is -2.43. The number of anilines is 1. The van der Waals surface area contributed by atoms with E-state index in [0.29, 0.717) is 51.5 Å². The normalized spacial score (nSPS) is 23.5. The highest BCUT2D eigenvalue weighted by atomic mass is 35.5. The Hall–Kier alpha value is -2.44. The molecule has 2 aliphatic heterocycles. The van der Waals surface area contributed by atoms with Crippen molar-refractivity contribution in [1.82, 2.24) is 10.2 Å². The molecule has 3 aliphatic rings. The topological polar surface area (TPSA) is 79.0 Å². The van der Waals surface area contributed by atoms with E-state index in [1.54, 1.807) is 36.4 Å². The lowest BCUT2D eigenvalue weighted by atomic mass is 10.0. The molecule has 0 amide bonds. The van der Waals surface area contributed by atoms with Gasteiger partial charge in [0.2, 0.25) is 0 Å². The molecule has 6 rings (SSSR count). The molecule has 1 N–H and O–H groups in total. The van der Waals surface area contributed by atoms with Crippen LogP contribution in [0.25, 0.3) is 11.3 Å². The van der Waals surface area contributed by atoms with Crippen LogP contribution < -0.4 is 5.01 Å². The van der Waals surface area contributed by atoms with Crippen LogP contribution in [0.1, 0.15) is 40.9 Å². The molecule has 218 valence electrons. The fourth-order valence-corrected chi connectivity index (χ4v) is 7.09. The smallest absolute Gasteiger partial charge is 0.335 e. The van der Waals surface area contributed by atoms with Gasteiger partial charge in [-0.15, -0.1) is 11.8 Å². The number of fused-ring (bicyclic) bond motifs is 1. The lowest BCUT2D eigenvalue weighted by molar-refractivity contribution is 0.00739. The maximum atomic E-state index is 14.6. The Morgan fingerprint density at radius 2 is 2.00 bits per heavy atom. The Morgan fingerprint density at radius 3 is 2.71 bits per heavy atom. The number of nitrogens with zero attached hydrogens (tertiary/aromatic N) is 3. The molecule has 13 heteroatoms. The molecule has 3 atom stereocenters. The summed E-state index contributed by atoms with van der Waals surface area (Å²) in [4.78, 5) is 12.2. The monoisotopic (exact) mass is 627 g/mol. The van der Waals surface area contributed by atoms with Gasteiger partial charge < -0.3 is 14.4 Å². The van der Waals surface area contributed by atoms with Gasteiger partial charge in [-0.3, -0.25) is 5.01 Å². The number of rotatable bonds is 9. The van der Waals surface area contributed by atoms with Crippen LogP contribution in [-0.2, 0) is 17.8 Å². The van der Waals surface area contributed by atoms with Crippen LogP contribution in [0.5, 0.6) is 0 Å². The van der Waals surface area contributed by atoms with Crippen LogP contribution in [0.15, 0.2) is 45.8 Å². The molecule has 7 nitrogen and oxygen atoms in total. The number of piperidine rings is 1. The Morgan fingerprint density at radius 1 is 1.24 bits per heavy atom. The predicted octanol–water partition coefficient (Wildman–Crippen LogP) is 7.35. The number of benzene rings is 2. The SMILES string of the molecule is O=C(O)c1ccc2c(c1)SCN2N1CCC(F)CC1COCc1c(-c2c(Cl)cccc2Cl)noc1CC1CC1(F)F. The molecule has 2 fully saturated rings. The van der Waals surface area contributed by atoms with Crippen LogP contribution in [0, 0.1) is 5.92 Å². The standard InChI is InChI=1S/C28H26Cl2F3N3O4S/c29-20-2-1-3-21(30)25(20)26-19(23(40-34-26)9-16-11-28(16,32)33)13-39-12-18-10-17(31)6-7-35(18)36-14-41-24-8-15(27(37)38)4-5-22(24)36/h1-5,8,16-18H,6-7,9-14H2,(H,37,38). The molecule has 2 aromatic carbocycles. The molecule has 3 aromatic rings. The van der Waals surface area contributed by atoms with Gasteiger partial charge in [0.15, 0.2) is 0 Å². The number of aromatic carboxylic acids is 1. The van der Waals surface area contributed by atoms with Gasteiger partial charge >= 0.3 is 5.97 Å². The van der Waals surface area contributed by atoms with Gasteiger partial charge in [0.25, 0.3) is 5.92 Å². The van der Waals surface area contributed by atoms with E-state index in [2.05, 4.69) is 10.2 Å². The average Bonchev–Trinajstić information content (AvgIpc) is 3.22. The number of hydrazine groups is 1. The lowest BCUT2D eigenvalue weighted by Crippen LogP contribution is -2.54. The number of carboxylic acid groups (broad SMARTS) is 1. The number of alkyl halides is 3. The number of carbonyl (C=O) groups is 1. The first-order valence-electron chi connectivity index (χ1n) is 13.2. The first-order valence-corrected chi connectivity index (χ1v) is 14.9. The van der Waals surface area contributed by atoms with Gasteiger partial charge in [-0.1, -0.05) is 34.4 Å². The number of carboxylic acids is 1. The Bertz CT molecular complexity index is 1460. The van der Waals surface area contributed by atoms with Crippen molar-refractivity contribution in [2.45, 2.75) is 55.3 Å². The summed E-state index contributed by atoms with van der Waals surface area (Å²) in [6.07, 6.45) is -0.597. The van der Waals surface area contributed by atoms with Gasteiger partial charge in [-0.05, 0) is 43.2 Å². The van der Waals surface area contributed by atoms with Crippen molar-refractivity contribution in [2.75, 3.05) is 24.0 Å². The van der Waals surface area contributed by atoms with E-state index in [0.717, 1.165) is 10.6 Å². The molecular weight excluding hydrogens is 602 g/mol. The molecule has 0 radical (unpaired) electrons. The number of thioether (sulfide) groups is 1. The van der Waals surface area contributed by atoms with E-state index in [1.165, 1.54) is 11.8 Å². The zero-order chi connectivity index (χ0) is 28.9. The average molecular weight is 629 g/mol. The minimum atomic E-state index is -2.74. The molecule has 1 saturated heterocycles. The number of ether oxygens (including phenoxy) is 1. The third-order valence-electron chi connectivity index (χ3n) is 7.77. The van der Waals surface area contributed by atoms with E-state index in [-0.39, 0.29) is 44.1 Å². The van der Waals surface area contributed by atoms with Gasteiger partial charge in [-0.25, -0.2) is 23.0 Å². The maximum absolute atomic E-state index is 14.6. The highest BCUT2D eigenvalue weighted by Crippen LogP contribution is 2.51. The second kappa shape index (κ2) is 11.3. The van der Waals surface area contributed by atoms with Crippen LogP contribution in [0.3, 0.4) is 0 Å². The number of hydrogen-bond acceptors (Lipinski definition) is 7. The van der Waals surface area contributed by atoms with Crippen molar-refractivity contribution in [3.8, 4) is 11.3 Å². The third kappa shape index (κ3) is 5.79. The maximum Gasteiger partial charge on any atom is 0.335 e. The van der Waals surface area contributed by atoms with Crippen molar-refractivity contribution in [3.05, 3.63) is 63.3 Å². The summed E-state index contributed by atoms with van der Waals surface area (Å²) in [5.41, 5.74) is 2.34. The predicted molar refractivity (Wildman–Crippen MR) is 150 cm³/mol. The number of halogens is 5. The molecule has 3 unspecified atom stereocenters. The fourth-order valence-electron chi connectivity index (χ4n) is 5.44. The first kappa shape index (κ1) is 28.7. The summed E-state index contributed by atoms with van der Waals surface area (Å²) in [5, 5.41) is 18.3. The summed E-state index contributed by atoms with van der Waals surface area (Å²) in [6.45, 7) is 0.609. The Kier molecular flexibility index (Phi) is 7.92. The minimum Gasteiger partial charge on any atom is -0.478 e. The van der Waals surface area contributed by atoms with Gasteiger partial charge in [0.05, 0.1) is 46.4 Å². The zero-order valence-corrected chi connectivity index (χ0v) is 24.0. The highest BCUT2D eigenvalue weighted by molar-refractivity contribution is 7.99. The second-order valence-electron chi connectivity index (χ2n) is 10.5. The van der Waals surface area contributed by atoms with Crippen LogP contribution in [0.4, 0.5) is 18.9 Å². The van der Waals surface area contributed by atoms with E-state index in [4.69, 9.17) is 32.5 Å². The molecule has 1 saturated carbocycles. The molecular formula is C28H26Cl2F3N3O4S. The van der Waals surface area contributed by atoms with Gasteiger partial charge in [-0.2, -0.15) is 0 Å². The molecule has 1 aliphatic carbocycles. The van der Waals surface area contributed by atoms with Crippen molar-refractivity contribution in [2.24, 2.45) is 5.92 Å². The van der Waals surface area contributed by atoms with E-state index in [9.17, 15) is 23.1 Å². The Balaban J connectivity index is 1.22. The summed E-state index contributed by atoms with van der Waals surface area (Å²) >= 11 is 14.4. The molecule has 1 aromatic heterocycles. The van der Waals surface area contributed by atoms with E-state index >= 15 is 0 Å². The van der Waals surface area contributed by atoms with Crippen LogP contribution in [-0.4, -0.2) is 58.4 Å². The molecule has 41 heavy (non-hydrogen) atoms. The number of hydrogen-bond donors (Lipinski definition) is 1. The Labute approximate surface area is 248 Å². The first-order chi connectivity index (χ1) is 19.6. The fraction of sp³-hybridized carbons (Fsp3) is 0.429. The largest absolute Gasteiger partial charge is 0.478 e. The molecule has 3 heterocycles.